The minimum atomic E-state index is 0. The van der Waals surface area contributed by atoms with Crippen LogP contribution in [0.1, 0.15) is 223 Å². The minimum Gasteiger partial charge on any atom is -0.358 e. The predicted octanol–water partition coefficient (Wildman–Crippen LogP) is 14.3. The summed E-state index contributed by atoms with van der Waals surface area (Å²) in [7, 11) is 0. The molecule has 2 aromatic heterocycles. The SMILES string of the molecule is C1CCCC1.C1CCCC1.CC(C)(C)c1nc(C(C)(C)C)c(C(C)(C)C)[nH]1.CC(C)(C)c1nc(C(C)(C)C)c(C(C)(C)C)[nH]1.[CH3-].[CH3-].[CH3-].[CH3-].[Co+2].[Mn+2]. The Kier molecular flexibility index (Phi) is 29.5. The third-order valence-corrected chi connectivity index (χ3v) is 8.25. The number of nitrogens with one attached hydrogen (secondary N) is 2. The first-order chi connectivity index (χ1) is 19.7. The van der Waals surface area contributed by atoms with Crippen molar-refractivity contribution in [1.82, 2.24) is 19.9 Å². The molecular weight excluding hydrogens is 698 g/mol. The van der Waals surface area contributed by atoms with Crippen molar-refractivity contribution in [3.63, 3.8) is 0 Å². The molecule has 2 aromatic rings. The molecule has 4 rings (SSSR count). The fourth-order valence-corrected chi connectivity index (χ4v) is 5.40. The zero-order valence-corrected chi connectivity index (χ0v) is 39.9. The molecule has 4 nitrogen and oxygen atoms in total. The molecule has 50 heavy (non-hydrogen) atoms. The van der Waals surface area contributed by atoms with Crippen LogP contribution in [-0.4, -0.2) is 19.9 Å². The van der Waals surface area contributed by atoms with Crippen molar-refractivity contribution in [1.29, 1.82) is 0 Å². The van der Waals surface area contributed by atoms with E-state index in [1.54, 1.807) is 0 Å². The van der Waals surface area contributed by atoms with Crippen LogP contribution in [0.25, 0.3) is 0 Å². The Balaban J connectivity index is -0.000000138. The summed E-state index contributed by atoms with van der Waals surface area (Å²) in [5, 5.41) is 0. The van der Waals surface area contributed by atoms with Crippen LogP contribution in [0.5, 0.6) is 0 Å². The molecule has 2 N–H and O–H groups in total. The van der Waals surface area contributed by atoms with Crippen molar-refractivity contribution in [2.75, 3.05) is 0 Å². The normalized spacial score (nSPS) is 14.4. The van der Waals surface area contributed by atoms with Gasteiger partial charge in [-0.2, -0.15) is 0 Å². The van der Waals surface area contributed by atoms with Crippen LogP contribution in [-0.2, 0) is 66.3 Å². The molecule has 2 heterocycles. The Morgan fingerprint density at radius 1 is 0.340 bits per heavy atom. The summed E-state index contributed by atoms with van der Waals surface area (Å²) in [6.45, 7) is 40.0. The van der Waals surface area contributed by atoms with Gasteiger partial charge in [0, 0.05) is 43.9 Å². The Morgan fingerprint density at radius 3 is 0.620 bits per heavy atom. The van der Waals surface area contributed by atoms with E-state index in [1.165, 1.54) is 87.0 Å². The number of hydrogen-bond acceptors (Lipinski definition) is 2. The first kappa shape index (κ1) is 61.5. The zero-order chi connectivity index (χ0) is 34.4. The molecule has 0 aromatic carbocycles. The average molecular weight is 787 g/mol. The standard InChI is InChI=1S/2C15H28N2.2C5H10.4CH3.Co.Mn/c2*1-13(2,3)10-11(14(4,5)6)17-12(16-10)15(7,8)9;2*1-2-4-5-3-1;;;;;;/h2*1-9H3,(H,16,17);2*1-5H2;4*1H3;;/q;;;;4*-1;2*+2. The maximum absolute atomic E-state index is 4.86. The number of hydrogen-bond donors (Lipinski definition) is 2. The van der Waals surface area contributed by atoms with E-state index in [4.69, 9.17) is 9.97 Å². The van der Waals surface area contributed by atoms with Gasteiger partial charge in [0.15, 0.2) is 0 Å². The van der Waals surface area contributed by atoms with Gasteiger partial charge < -0.3 is 39.7 Å². The van der Waals surface area contributed by atoms with Crippen LogP contribution in [0, 0.1) is 29.7 Å². The molecular formula is C44H88CoMnN4. The van der Waals surface area contributed by atoms with Gasteiger partial charge in [-0.25, -0.2) is 9.97 Å². The molecule has 2 saturated carbocycles. The number of nitrogens with zero attached hydrogens (tertiary/aromatic N) is 2. The maximum Gasteiger partial charge on any atom is 2.00 e. The van der Waals surface area contributed by atoms with E-state index in [9.17, 15) is 0 Å². The van der Waals surface area contributed by atoms with Gasteiger partial charge in [0.05, 0.1) is 11.4 Å². The molecule has 0 atom stereocenters. The second-order valence-corrected chi connectivity index (χ2v) is 19.7. The van der Waals surface area contributed by atoms with E-state index in [0.717, 1.165) is 11.6 Å². The number of aromatic nitrogens is 4. The Hall–Kier alpha value is -0.554. The Morgan fingerprint density at radius 2 is 0.520 bits per heavy atom. The van der Waals surface area contributed by atoms with Crippen LogP contribution in [0.4, 0.5) is 0 Å². The van der Waals surface area contributed by atoms with Crippen LogP contribution >= 0.6 is 0 Å². The van der Waals surface area contributed by atoms with Crippen LogP contribution in [0.2, 0.25) is 0 Å². The first-order valence-corrected chi connectivity index (χ1v) is 17.9. The van der Waals surface area contributed by atoms with Crippen LogP contribution < -0.4 is 0 Å². The number of imidazole rings is 2. The minimum absolute atomic E-state index is 0. The fraction of sp³-hybridized carbons (Fsp3) is 0.773. The molecule has 0 bridgehead atoms. The fourth-order valence-electron chi connectivity index (χ4n) is 5.40. The van der Waals surface area contributed by atoms with Crippen molar-refractivity contribution < 1.29 is 33.8 Å². The van der Waals surface area contributed by atoms with Crippen molar-refractivity contribution in [2.24, 2.45) is 0 Å². The quantitative estimate of drug-likeness (QED) is 0.206. The van der Waals surface area contributed by atoms with Gasteiger partial charge in [0.2, 0.25) is 0 Å². The maximum atomic E-state index is 4.86. The average Bonchev–Trinajstić information content (AvgIpc) is 3.63. The molecule has 0 amide bonds. The van der Waals surface area contributed by atoms with E-state index in [0.29, 0.717) is 0 Å². The summed E-state index contributed by atoms with van der Waals surface area (Å²) in [4.78, 5) is 16.8. The van der Waals surface area contributed by atoms with Crippen molar-refractivity contribution >= 4 is 0 Å². The summed E-state index contributed by atoms with van der Waals surface area (Å²) in [5.74, 6) is 2.18. The molecule has 2 aliphatic rings. The second-order valence-electron chi connectivity index (χ2n) is 19.7. The first-order valence-electron chi connectivity index (χ1n) is 17.9. The zero-order valence-electron chi connectivity index (χ0n) is 37.7. The van der Waals surface area contributed by atoms with E-state index in [2.05, 4.69) is 135 Å². The van der Waals surface area contributed by atoms with Gasteiger partial charge in [-0.1, -0.05) is 189 Å². The molecule has 6 heteroatoms. The van der Waals surface area contributed by atoms with Gasteiger partial charge in [-0.05, 0) is 0 Å². The van der Waals surface area contributed by atoms with E-state index in [-0.39, 0.29) is 96.0 Å². The third-order valence-electron chi connectivity index (χ3n) is 8.25. The summed E-state index contributed by atoms with van der Waals surface area (Å²) >= 11 is 0. The summed E-state index contributed by atoms with van der Waals surface area (Å²) in [5.41, 5.74) is 5.49. The number of aromatic amines is 2. The van der Waals surface area contributed by atoms with Crippen molar-refractivity contribution in [2.45, 2.75) is 221 Å². The monoisotopic (exact) mass is 787 g/mol. The van der Waals surface area contributed by atoms with Crippen LogP contribution in [0.15, 0.2) is 0 Å². The predicted molar refractivity (Wildman–Crippen MR) is 221 cm³/mol. The molecule has 300 valence electrons. The Bertz CT molecular complexity index is 941. The molecule has 2 radical (unpaired) electrons. The molecule has 0 spiro atoms. The van der Waals surface area contributed by atoms with Crippen molar-refractivity contribution in [3.8, 4) is 0 Å². The van der Waals surface area contributed by atoms with Gasteiger partial charge in [-0.15, -0.1) is 0 Å². The van der Waals surface area contributed by atoms with Crippen molar-refractivity contribution in [3.05, 3.63) is 64.1 Å². The van der Waals surface area contributed by atoms with Gasteiger partial charge in [-0.3, -0.25) is 0 Å². The molecule has 2 fully saturated rings. The largest absolute Gasteiger partial charge is 2.00 e. The molecule has 0 unspecified atom stereocenters. The van der Waals surface area contributed by atoms with Crippen LogP contribution in [0.3, 0.4) is 0 Å². The van der Waals surface area contributed by atoms with E-state index in [1.807, 2.05) is 0 Å². The Labute approximate surface area is 337 Å². The smallest absolute Gasteiger partial charge is 0.358 e. The van der Waals surface area contributed by atoms with Gasteiger partial charge in [0.25, 0.3) is 0 Å². The summed E-state index contributed by atoms with van der Waals surface area (Å²) in [6, 6.07) is 0. The van der Waals surface area contributed by atoms with E-state index >= 15 is 0 Å². The topological polar surface area (TPSA) is 57.4 Å². The van der Waals surface area contributed by atoms with Gasteiger partial charge >= 0.3 is 33.8 Å². The summed E-state index contributed by atoms with van der Waals surface area (Å²) < 4.78 is 0. The third kappa shape index (κ3) is 21.2. The molecule has 2 aliphatic carbocycles. The number of H-pyrrole nitrogens is 2. The van der Waals surface area contributed by atoms with Gasteiger partial charge in [0.1, 0.15) is 11.6 Å². The number of rotatable bonds is 0. The summed E-state index contributed by atoms with van der Waals surface area (Å²) in [6.07, 6.45) is 15.0. The second kappa shape index (κ2) is 24.0. The molecule has 0 saturated heterocycles. The molecule has 0 aliphatic heterocycles. The van der Waals surface area contributed by atoms with E-state index < -0.39 is 0 Å².